The van der Waals surface area contributed by atoms with E-state index in [-0.39, 0.29) is 0 Å². The van der Waals surface area contributed by atoms with Gasteiger partial charge in [0.15, 0.2) is 0 Å². The third kappa shape index (κ3) is 5.62. The molecule has 0 aliphatic rings. The molecule has 42 valence electrons. The fourth-order valence-corrected chi connectivity index (χ4v) is 0.246. The summed E-state index contributed by atoms with van der Waals surface area (Å²) >= 11 is 0. The molecule has 0 aromatic carbocycles. The number of rotatable bonds is 4. The van der Waals surface area contributed by atoms with Crippen LogP contribution in [0.15, 0.2) is 12.7 Å². The normalized spacial score (nSPS) is 8.71. The molecule has 0 aromatic heterocycles. The molecule has 0 amide bonds. The van der Waals surface area contributed by atoms with E-state index in [0.29, 0.717) is 6.67 Å². The highest BCUT2D eigenvalue weighted by atomic mass is 15.3. The van der Waals surface area contributed by atoms with E-state index >= 15 is 0 Å². The van der Waals surface area contributed by atoms with Crippen molar-refractivity contribution < 1.29 is 0 Å². The van der Waals surface area contributed by atoms with E-state index in [9.17, 15) is 0 Å². The predicted molar refractivity (Wildman–Crippen MR) is 30.4 cm³/mol. The quantitative estimate of drug-likeness (QED) is 0.143. The van der Waals surface area contributed by atoms with Gasteiger partial charge in [0.1, 0.15) is 0 Å². The van der Waals surface area contributed by atoms with Gasteiger partial charge in [-0.2, -0.15) is 0 Å². The van der Waals surface area contributed by atoms with Gasteiger partial charge in [0.25, 0.3) is 0 Å². The van der Waals surface area contributed by atoms with Crippen molar-refractivity contribution in [3.63, 3.8) is 0 Å². The highest BCUT2D eigenvalue weighted by Crippen LogP contribution is 1.52. The van der Waals surface area contributed by atoms with E-state index in [4.69, 9.17) is 5.84 Å². The summed E-state index contributed by atoms with van der Waals surface area (Å²) in [5, 5.41) is 2.93. The molecule has 0 fully saturated rings. The molecule has 0 bridgehead atoms. The third-order valence-electron chi connectivity index (χ3n) is 0.516. The van der Waals surface area contributed by atoms with Crippen LogP contribution in [0.25, 0.3) is 0 Å². The largest absolute Gasteiger partial charge is 0.300 e. The fraction of sp³-hybridized carbons (Fsp3) is 0.500. The van der Waals surface area contributed by atoms with Crippen LogP contribution in [0.3, 0.4) is 0 Å². The van der Waals surface area contributed by atoms with Gasteiger partial charge in [0, 0.05) is 6.54 Å². The maximum absolute atomic E-state index is 4.92. The van der Waals surface area contributed by atoms with Crippen LogP contribution < -0.4 is 16.6 Å². The first-order valence-electron chi connectivity index (χ1n) is 2.17. The van der Waals surface area contributed by atoms with Crippen molar-refractivity contribution in [1.29, 1.82) is 0 Å². The number of hydrogen-bond acceptors (Lipinski definition) is 3. The van der Waals surface area contributed by atoms with Crippen molar-refractivity contribution in [2.75, 3.05) is 13.2 Å². The van der Waals surface area contributed by atoms with Crippen molar-refractivity contribution in [2.24, 2.45) is 5.84 Å². The number of nitrogens with two attached hydrogens (primary N) is 1. The molecule has 0 aromatic rings. The number of nitrogens with one attached hydrogen (secondary N) is 2. The Labute approximate surface area is 43.6 Å². The van der Waals surface area contributed by atoms with Crippen molar-refractivity contribution >= 4 is 0 Å². The van der Waals surface area contributed by atoms with Crippen LogP contribution in [0.5, 0.6) is 0 Å². The van der Waals surface area contributed by atoms with Crippen molar-refractivity contribution in [3.8, 4) is 0 Å². The second-order valence-corrected chi connectivity index (χ2v) is 1.12. The predicted octanol–water partition coefficient (Wildman–Crippen LogP) is -0.817. The molecule has 0 rings (SSSR count). The van der Waals surface area contributed by atoms with Gasteiger partial charge in [0.2, 0.25) is 0 Å². The average molecular weight is 101 g/mol. The van der Waals surface area contributed by atoms with E-state index in [1.807, 2.05) is 0 Å². The summed E-state index contributed by atoms with van der Waals surface area (Å²) in [6.45, 7) is 4.93. The molecule has 0 aliphatic heterocycles. The molecule has 7 heavy (non-hydrogen) atoms. The smallest absolute Gasteiger partial charge is 0.0589 e. The summed E-state index contributed by atoms with van der Waals surface area (Å²) < 4.78 is 0. The van der Waals surface area contributed by atoms with Crippen LogP contribution >= 0.6 is 0 Å². The average Bonchev–Trinajstić information content (AvgIpc) is 1.69. The Hall–Kier alpha value is -0.380. The lowest BCUT2D eigenvalue weighted by Crippen LogP contribution is -2.33. The highest BCUT2D eigenvalue weighted by molar-refractivity contribution is 4.68. The molecule has 4 N–H and O–H groups in total. The zero-order chi connectivity index (χ0) is 5.54. The van der Waals surface area contributed by atoms with Crippen LogP contribution in [0.1, 0.15) is 0 Å². The van der Waals surface area contributed by atoms with Gasteiger partial charge in [0.05, 0.1) is 6.67 Å². The van der Waals surface area contributed by atoms with Crippen molar-refractivity contribution in [2.45, 2.75) is 0 Å². The Morgan fingerprint density at radius 2 is 2.43 bits per heavy atom. The summed E-state index contributed by atoms with van der Waals surface area (Å²) in [6.07, 6.45) is 1.78. The van der Waals surface area contributed by atoms with Crippen LogP contribution in [-0.2, 0) is 0 Å². The Morgan fingerprint density at radius 1 is 1.71 bits per heavy atom. The summed E-state index contributed by atoms with van der Waals surface area (Å²) in [7, 11) is 0. The van der Waals surface area contributed by atoms with E-state index < -0.39 is 0 Å². The van der Waals surface area contributed by atoms with Gasteiger partial charge >= 0.3 is 0 Å². The van der Waals surface area contributed by atoms with Gasteiger partial charge in [-0.15, -0.1) is 6.58 Å². The van der Waals surface area contributed by atoms with Crippen LogP contribution in [0.4, 0.5) is 0 Å². The molecule has 0 radical (unpaired) electrons. The lowest BCUT2D eigenvalue weighted by molar-refractivity contribution is 0.636. The molecule has 3 nitrogen and oxygen atoms in total. The van der Waals surface area contributed by atoms with E-state index in [0.717, 1.165) is 6.54 Å². The van der Waals surface area contributed by atoms with Gasteiger partial charge in [-0.1, -0.05) is 6.08 Å². The van der Waals surface area contributed by atoms with Gasteiger partial charge in [-0.05, 0) is 0 Å². The van der Waals surface area contributed by atoms with Gasteiger partial charge in [-0.25, -0.2) is 5.43 Å². The second kappa shape index (κ2) is 5.62. The lowest BCUT2D eigenvalue weighted by Gasteiger charge is -1.95. The zero-order valence-electron chi connectivity index (χ0n) is 4.28. The molecule has 0 atom stereocenters. The SMILES string of the molecule is C=CCNCNN. The first kappa shape index (κ1) is 6.62. The van der Waals surface area contributed by atoms with Crippen LogP contribution in [0, 0.1) is 0 Å². The standard InChI is InChI=1S/C4H11N3/c1-2-3-6-4-7-5/h2,6-7H,1,3-5H2. The van der Waals surface area contributed by atoms with E-state index in [1.165, 1.54) is 0 Å². The fourth-order valence-electron chi connectivity index (χ4n) is 0.246. The summed E-state index contributed by atoms with van der Waals surface area (Å²) in [4.78, 5) is 0. The minimum atomic E-state index is 0.631. The van der Waals surface area contributed by atoms with E-state index in [2.05, 4.69) is 17.3 Å². The molecule has 0 spiro atoms. The molecule has 0 saturated carbocycles. The summed E-state index contributed by atoms with van der Waals surface area (Å²) in [5.74, 6) is 4.92. The molecule has 0 unspecified atom stereocenters. The topological polar surface area (TPSA) is 50.1 Å². The number of hydrazine groups is 1. The summed E-state index contributed by atoms with van der Waals surface area (Å²) in [5.41, 5.74) is 2.44. The third-order valence-corrected chi connectivity index (χ3v) is 0.516. The maximum Gasteiger partial charge on any atom is 0.0589 e. The molecule has 0 saturated heterocycles. The van der Waals surface area contributed by atoms with Gasteiger partial charge < -0.3 is 0 Å². The monoisotopic (exact) mass is 101 g/mol. The number of hydrogen-bond donors (Lipinski definition) is 3. The van der Waals surface area contributed by atoms with Crippen molar-refractivity contribution in [3.05, 3.63) is 12.7 Å². The maximum atomic E-state index is 4.92. The van der Waals surface area contributed by atoms with Gasteiger partial charge in [-0.3, -0.25) is 11.2 Å². The van der Waals surface area contributed by atoms with Crippen LogP contribution in [-0.4, -0.2) is 13.2 Å². The lowest BCUT2D eigenvalue weighted by atomic mass is 10.6. The molecule has 0 heterocycles. The first-order valence-corrected chi connectivity index (χ1v) is 2.17. The van der Waals surface area contributed by atoms with E-state index in [1.54, 1.807) is 6.08 Å². The van der Waals surface area contributed by atoms with Crippen LogP contribution in [0.2, 0.25) is 0 Å². The minimum Gasteiger partial charge on any atom is -0.300 e. The Morgan fingerprint density at radius 3 is 2.86 bits per heavy atom. The Balaban J connectivity index is 2.56. The Bertz CT molecular complexity index is 44.2. The second-order valence-electron chi connectivity index (χ2n) is 1.12. The zero-order valence-corrected chi connectivity index (χ0v) is 4.28. The van der Waals surface area contributed by atoms with Crippen molar-refractivity contribution in [1.82, 2.24) is 10.7 Å². The molecular formula is C4H11N3. The minimum absolute atomic E-state index is 0.631. The molecule has 3 heteroatoms. The highest BCUT2D eigenvalue weighted by Gasteiger charge is 1.71. The first-order chi connectivity index (χ1) is 3.41. The molecule has 0 aliphatic carbocycles. The summed E-state index contributed by atoms with van der Waals surface area (Å²) in [6, 6.07) is 0. The Kier molecular flexibility index (Phi) is 5.31. The molecular weight excluding hydrogens is 90.1 g/mol.